The van der Waals surface area contributed by atoms with Crippen molar-refractivity contribution < 1.29 is 14.6 Å². The van der Waals surface area contributed by atoms with E-state index in [1.54, 1.807) is 17.9 Å². The van der Waals surface area contributed by atoms with Crippen LogP contribution in [0.2, 0.25) is 0 Å². The van der Waals surface area contributed by atoms with Gasteiger partial charge in [0.05, 0.1) is 18.8 Å². The smallest absolute Gasteiger partial charge is 0.352 e. The summed E-state index contributed by atoms with van der Waals surface area (Å²) >= 11 is 0. The number of methoxy groups -OCH3 is 1. The number of aliphatic carboxylic acids is 1. The van der Waals surface area contributed by atoms with Gasteiger partial charge < -0.3 is 15.2 Å². The van der Waals surface area contributed by atoms with Gasteiger partial charge in [-0.25, -0.2) is 9.48 Å². The fourth-order valence-corrected chi connectivity index (χ4v) is 3.02. The molecule has 4 rings (SSSR count). The SMILES string of the molecule is COc1ccc(C2C=C(C(=O)O)Nc3cc(-c4ccccc4)nn32)cc1. The second-order valence-corrected chi connectivity index (χ2v) is 5.95. The molecule has 0 spiro atoms. The van der Waals surface area contributed by atoms with Gasteiger partial charge in [-0.2, -0.15) is 5.10 Å². The Hall–Kier alpha value is -3.54. The Labute approximate surface area is 150 Å². The quantitative estimate of drug-likeness (QED) is 0.755. The van der Waals surface area contributed by atoms with Crippen molar-refractivity contribution in [3.8, 4) is 17.0 Å². The lowest BCUT2D eigenvalue weighted by Gasteiger charge is -2.23. The molecule has 0 aliphatic carbocycles. The van der Waals surface area contributed by atoms with Gasteiger partial charge in [0.1, 0.15) is 17.3 Å². The highest BCUT2D eigenvalue weighted by atomic mass is 16.5. The molecule has 0 saturated heterocycles. The maximum Gasteiger partial charge on any atom is 0.352 e. The molecule has 0 radical (unpaired) electrons. The predicted molar refractivity (Wildman–Crippen MR) is 98.1 cm³/mol. The molecule has 6 heteroatoms. The summed E-state index contributed by atoms with van der Waals surface area (Å²) in [5, 5.41) is 17.1. The van der Waals surface area contributed by atoms with Gasteiger partial charge in [0.15, 0.2) is 0 Å². The molecule has 1 atom stereocenters. The largest absolute Gasteiger partial charge is 0.497 e. The highest BCUT2D eigenvalue weighted by Crippen LogP contribution is 2.33. The lowest BCUT2D eigenvalue weighted by Crippen LogP contribution is -2.23. The van der Waals surface area contributed by atoms with Gasteiger partial charge >= 0.3 is 5.97 Å². The number of benzene rings is 2. The Kier molecular flexibility index (Phi) is 3.93. The summed E-state index contributed by atoms with van der Waals surface area (Å²) in [6.45, 7) is 0. The van der Waals surface area contributed by atoms with Gasteiger partial charge in [-0.15, -0.1) is 0 Å². The average molecular weight is 347 g/mol. The predicted octanol–water partition coefficient (Wildman–Crippen LogP) is 3.54. The van der Waals surface area contributed by atoms with Crippen molar-refractivity contribution in [2.45, 2.75) is 6.04 Å². The molecule has 0 fully saturated rings. The number of allylic oxidation sites excluding steroid dienone is 1. The number of rotatable bonds is 4. The van der Waals surface area contributed by atoms with Gasteiger partial charge in [0.25, 0.3) is 0 Å². The van der Waals surface area contributed by atoms with Crippen molar-refractivity contribution in [2.24, 2.45) is 0 Å². The second kappa shape index (κ2) is 6.40. The van der Waals surface area contributed by atoms with Crippen LogP contribution in [-0.2, 0) is 4.79 Å². The van der Waals surface area contributed by atoms with Crippen LogP contribution in [0, 0.1) is 0 Å². The number of ether oxygens (including phenoxy) is 1. The number of nitrogens with one attached hydrogen (secondary N) is 1. The van der Waals surface area contributed by atoms with Crippen molar-refractivity contribution in [3.05, 3.63) is 78.0 Å². The standard InChI is InChI=1S/C20H17N3O3/c1-26-15-9-7-14(8-10-15)18-11-17(20(24)25)21-19-12-16(22-23(18)19)13-5-3-2-4-6-13/h2-12,18,21H,1H3,(H,24,25). The number of nitrogens with zero attached hydrogens (tertiary/aromatic N) is 2. The summed E-state index contributed by atoms with van der Waals surface area (Å²) in [5.41, 5.74) is 2.82. The molecule has 3 aromatic rings. The van der Waals surface area contributed by atoms with Crippen LogP contribution in [0.3, 0.4) is 0 Å². The molecule has 1 aromatic heterocycles. The van der Waals surface area contributed by atoms with Gasteiger partial charge in [-0.3, -0.25) is 0 Å². The molecular formula is C20H17N3O3. The first-order valence-electron chi connectivity index (χ1n) is 8.17. The van der Waals surface area contributed by atoms with E-state index in [1.807, 2.05) is 60.7 Å². The molecule has 26 heavy (non-hydrogen) atoms. The van der Waals surface area contributed by atoms with E-state index in [0.29, 0.717) is 5.82 Å². The van der Waals surface area contributed by atoms with E-state index in [4.69, 9.17) is 9.84 Å². The minimum Gasteiger partial charge on any atom is -0.497 e. The highest BCUT2D eigenvalue weighted by molar-refractivity contribution is 5.91. The Morgan fingerprint density at radius 3 is 2.54 bits per heavy atom. The molecule has 2 aromatic carbocycles. The lowest BCUT2D eigenvalue weighted by atomic mass is 10.0. The Balaban J connectivity index is 1.80. The Morgan fingerprint density at radius 2 is 1.88 bits per heavy atom. The van der Waals surface area contributed by atoms with E-state index in [-0.39, 0.29) is 11.7 Å². The van der Waals surface area contributed by atoms with Gasteiger partial charge in [0.2, 0.25) is 0 Å². The number of carboxylic acids is 1. The van der Waals surface area contributed by atoms with Crippen molar-refractivity contribution in [2.75, 3.05) is 12.4 Å². The van der Waals surface area contributed by atoms with Gasteiger partial charge in [0, 0.05) is 11.6 Å². The molecule has 1 aliphatic heterocycles. The summed E-state index contributed by atoms with van der Waals surface area (Å²) in [6, 6.07) is 18.9. The zero-order chi connectivity index (χ0) is 18.1. The van der Waals surface area contributed by atoms with Crippen molar-refractivity contribution in [1.82, 2.24) is 9.78 Å². The van der Waals surface area contributed by atoms with Crippen molar-refractivity contribution >= 4 is 11.8 Å². The van der Waals surface area contributed by atoms with E-state index in [1.165, 1.54) is 0 Å². The number of fused-ring (bicyclic) bond motifs is 1. The first-order valence-corrected chi connectivity index (χ1v) is 8.17. The average Bonchev–Trinajstić information content (AvgIpc) is 3.12. The lowest BCUT2D eigenvalue weighted by molar-refractivity contribution is -0.132. The molecule has 2 heterocycles. The van der Waals surface area contributed by atoms with Crippen LogP contribution in [0.25, 0.3) is 11.3 Å². The maximum absolute atomic E-state index is 11.5. The summed E-state index contributed by atoms with van der Waals surface area (Å²) in [7, 11) is 1.61. The summed E-state index contributed by atoms with van der Waals surface area (Å²) in [5.74, 6) is 0.387. The van der Waals surface area contributed by atoms with Crippen LogP contribution in [0.1, 0.15) is 11.6 Å². The minimum absolute atomic E-state index is 0.137. The first kappa shape index (κ1) is 16.0. The third-order valence-corrected chi connectivity index (χ3v) is 4.34. The number of hydrogen-bond acceptors (Lipinski definition) is 4. The van der Waals surface area contributed by atoms with Crippen LogP contribution in [0.5, 0.6) is 5.75 Å². The third kappa shape index (κ3) is 2.82. The highest BCUT2D eigenvalue weighted by Gasteiger charge is 2.26. The zero-order valence-electron chi connectivity index (χ0n) is 14.1. The molecule has 0 saturated carbocycles. The van der Waals surface area contributed by atoms with Crippen LogP contribution in [-0.4, -0.2) is 28.0 Å². The summed E-state index contributed by atoms with van der Waals surface area (Å²) in [4.78, 5) is 11.5. The molecule has 1 unspecified atom stereocenters. The van der Waals surface area contributed by atoms with Crippen LogP contribution in [0.4, 0.5) is 5.82 Å². The number of aromatic nitrogens is 2. The molecule has 6 nitrogen and oxygen atoms in total. The van der Waals surface area contributed by atoms with Crippen molar-refractivity contribution in [1.29, 1.82) is 0 Å². The fourth-order valence-electron chi connectivity index (χ4n) is 3.02. The number of carboxylic acid groups (broad SMARTS) is 1. The summed E-state index contributed by atoms with van der Waals surface area (Å²) in [6.07, 6.45) is 1.67. The number of hydrogen-bond donors (Lipinski definition) is 2. The van der Waals surface area contributed by atoms with Gasteiger partial charge in [-0.1, -0.05) is 42.5 Å². The normalized spacial score (nSPS) is 15.6. The number of carbonyl (C=O) groups is 1. The topological polar surface area (TPSA) is 76.4 Å². The number of anilines is 1. The molecule has 2 N–H and O–H groups in total. The minimum atomic E-state index is -1.00. The van der Waals surface area contributed by atoms with E-state index >= 15 is 0 Å². The van der Waals surface area contributed by atoms with E-state index in [0.717, 1.165) is 22.6 Å². The second-order valence-electron chi connectivity index (χ2n) is 5.95. The van der Waals surface area contributed by atoms with E-state index in [9.17, 15) is 9.90 Å². The Morgan fingerprint density at radius 1 is 1.15 bits per heavy atom. The molecule has 130 valence electrons. The molecule has 1 aliphatic rings. The molecular weight excluding hydrogens is 330 g/mol. The van der Waals surface area contributed by atoms with E-state index in [2.05, 4.69) is 5.32 Å². The summed E-state index contributed by atoms with van der Waals surface area (Å²) < 4.78 is 7.01. The van der Waals surface area contributed by atoms with Crippen LogP contribution < -0.4 is 10.1 Å². The van der Waals surface area contributed by atoms with E-state index < -0.39 is 5.97 Å². The molecule has 0 amide bonds. The Bertz CT molecular complexity index is 975. The van der Waals surface area contributed by atoms with Crippen LogP contribution >= 0.6 is 0 Å². The fraction of sp³-hybridized carbons (Fsp3) is 0.100. The van der Waals surface area contributed by atoms with Gasteiger partial charge in [-0.05, 0) is 23.8 Å². The van der Waals surface area contributed by atoms with Crippen molar-refractivity contribution in [3.63, 3.8) is 0 Å². The third-order valence-electron chi connectivity index (χ3n) is 4.34. The monoisotopic (exact) mass is 347 g/mol. The van der Waals surface area contributed by atoms with Crippen LogP contribution in [0.15, 0.2) is 72.4 Å². The zero-order valence-corrected chi connectivity index (χ0v) is 14.1. The first-order chi connectivity index (χ1) is 12.7. The maximum atomic E-state index is 11.5. The molecule has 0 bridgehead atoms.